The van der Waals surface area contributed by atoms with Crippen LogP contribution >= 0.6 is 0 Å². The topological polar surface area (TPSA) is 63.8 Å². The van der Waals surface area contributed by atoms with Crippen molar-refractivity contribution in [1.29, 1.82) is 0 Å². The molecule has 15 heavy (non-hydrogen) atoms. The highest BCUT2D eigenvalue weighted by molar-refractivity contribution is 4.91. The summed E-state index contributed by atoms with van der Waals surface area (Å²) >= 11 is 0. The van der Waals surface area contributed by atoms with Gasteiger partial charge in [-0.2, -0.15) is 13.6 Å². The van der Waals surface area contributed by atoms with Crippen molar-refractivity contribution in [3.63, 3.8) is 0 Å². The van der Waals surface area contributed by atoms with Crippen molar-refractivity contribution in [2.45, 2.75) is 38.7 Å². The van der Waals surface area contributed by atoms with Crippen LogP contribution in [0.3, 0.4) is 0 Å². The predicted octanol–water partition coefficient (Wildman–Crippen LogP) is 0.902. The molecule has 0 aliphatic carbocycles. The van der Waals surface area contributed by atoms with E-state index in [0.29, 0.717) is 0 Å². The second kappa shape index (κ2) is 3.80. The fraction of sp³-hybridized carbons (Fsp3) is 0.875. The molecule has 7 heteroatoms. The number of hydrogen-bond acceptors (Lipinski definition) is 4. The molecule has 0 aliphatic rings. The molecule has 0 unspecified atom stereocenters. The van der Waals surface area contributed by atoms with Crippen molar-refractivity contribution < 1.29 is 13.9 Å². The zero-order valence-electron chi connectivity index (χ0n) is 8.91. The fourth-order valence-corrected chi connectivity index (χ4v) is 0.897. The van der Waals surface area contributed by atoms with Gasteiger partial charge in [0.1, 0.15) is 0 Å². The van der Waals surface area contributed by atoms with Crippen molar-refractivity contribution in [2.75, 3.05) is 6.61 Å². The maximum Gasteiger partial charge on any atom is 0.312 e. The van der Waals surface area contributed by atoms with E-state index in [9.17, 15) is 8.78 Å². The van der Waals surface area contributed by atoms with Crippen molar-refractivity contribution >= 4 is 0 Å². The molecule has 0 radical (unpaired) electrons. The Morgan fingerprint density at radius 2 is 1.93 bits per heavy atom. The number of aliphatic hydroxyl groups excluding tert-OH is 1. The summed E-state index contributed by atoms with van der Waals surface area (Å²) in [4.78, 5) is 1.13. The summed E-state index contributed by atoms with van der Waals surface area (Å²) in [5.41, 5.74) is -0.486. The van der Waals surface area contributed by atoms with E-state index in [1.807, 2.05) is 0 Å². The number of hydrogen-bond donors (Lipinski definition) is 1. The molecule has 0 amide bonds. The van der Waals surface area contributed by atoms with E-state index in [1.54, 1.807) is 20.8 Å². The van der Waals surface area contributed by atoms with Gasteiger partial charge in [0.15, 0.2) is 0 Å². The number of rotatable bonds is 3. The van der Waals surface area contributed by atoms with Crippen molar-refractivity contribution in [3.8, 4) is 0 Å². The summed E-state index contributed by atoms with van der Waals surface area (Å²) in [6.45, 7) is 4.73. The minimum Gasteiger partial charge on any atom is -0.396 e. The molecule has 1 aromatic heterocycles. The van der Waals surface area contributed by atoms with E-state index in [1.165, 1.54) is 0 Å². The molecule has 0 aromatic carbocycles. The van der Waals surface area contributed by atoms with Gasteiger partial charge in [0.05, 0.1) is 5.54 Å². The molecular weight excluding hydrogens is 206 g/mol. The first-order chi connectivity index (χ1) is 6.77. The molecule has 0 atom stereocenters. The summed E-state index contributed by atoms with van der Waals surface area (Å²) in [7, 11) is 0. The minimum absolute atomic E-state index is 0.486. The van der Waals surface area contributed by atoms with Crippen molar-refractivity contribution in [3.05, 3.63) is 5.82 Å². The Kier molecular flexibility index (Phi) is 3.03. The van der Waals surface area contributed by atoms with Gasteiger partial charge in [0, 0.05) is 13.0 Å². The molecule has 0 bridgehead atoms. The number of halogens is 2. The molecule has 86 valence electrons. The van der Waals surface area contributed by atoms with Crippen LogP contribution in [0.15, 0.2) is 0 Å². The number of alkyl halides is 2. The third-order valence-corrected chi connectivity index (χ3v) is 1.77. The molecule has 0 saturated carbocycles. The van der Waals surface area contributed by atoms with Crippen LogP contribution in [0.1, 0.15) is 33.0 Å². The Bertz CT molecular complexity index is 332. The van der Waals surface area contributed by atoms with Crippen molar-refractivity contribution in [2.24, 2.45) is 0 Å². The van der Waals surface area contributed by atoms with E-state index in [0.717, 1.165) is 4.80 Å². The summed E-state index contributed by atoms with van der Waals surface area (Å²) in [6.07, 6.45) is -0.692. The Morgan fingerprint density at radius 3 is 2.33 bits per heavy atom. The van der Waals surface area contributed by atoms with Gasteiger partial charge in [-0.25, -0.2) is 0 Å². The molecule has 1 heterocycles. The van der Waals surface area contributed by atoms with Crippen LogP contribution < -0.4 is 0 Å². The first-order valence-corrected chi connectivity index (χ1v) is 4.57. The molecule has 0 fully saturated rings. The highest BCUT2D eigenvalue weighted by Crippen LogP contribution is 2.28. The fourth-order valence-electron chi connectivity index (χ4n) is 0.897. The average molecular weight is 220 g/mol. The summed E-state index contributed by atoms with van der Waals surface area (Å²) in [6, 6.07) is 0. The highest BCUT2D eigenvalue weighted by atomic mass is 19.3. The van der Waals surface area contributed by atoms with Gasteiger partial charge in [0.25, 0.3) is 0 Å². The van der Waals surface area contributed by atoms with E-state index in [2.05, 4.69) is 15.4 Å². The van der Waals surface area contributed by atoms with Gasteiger partial charge in [0.2, 0.25) is 5.82 Å². The maximum atomic E-state index is 13.2. The molecule has 0 saturated heterocycles. The van der Waals surface area contributed by atoms with Gasteiger partial charge < -0.3 is 5.11 Å². The predicted molar refractivity (Wildman–Crippen MR) is 48.4 cm³/mol. The van der Waals surface area contributed by atoms with E-state index in [4.69, 9.17) is 5.11 Å². The highest BCUT2D eigenvalue weighted by Gasteiger charge is 2.37. The number of nitrogens with zero attached hydrogens (tertiary/aromatic N) is 4. The minimum atomic E-state index is -3.22. The molecule has 0 aliphatic heterocycles. The van der Waals surface area contributed by atoms with Crippen LogP contribution in [0.2, 0.25) is 0 Å². The molecular formula is C8H14F2N4O. The standard InChI is InChI=1S/C8H14F2N4O/c1-7(2,3)14-12-6(11-13-14)8(9,10)4-5-15/h15H,4-5H2,1-3H3. The van der Waals surface area contributed by atoms with Crippen LogP contribution in [0.4, 0.5) is 8.78 Å². The zero-order valence-corrected chi connectivity index (χ0v) is 8.91. The first kappa shape index (κ1) is 12.0. The molecule has 1 aromatic rings. The molecule has 1 rings (SSSR count). The lowest BCUT2D eigenvalue weighted by atomic mass is 10.1. The van der Waals surface area contributed by atoms with E-state index in [-0.39, 0.29) is 0 Å². The van der Waals surface area contributed by atoms with Crippen LogP contribution in [0.25, 0.3) is 0 Å². The normalized spacial score (nSPS) is 13.2. The third kappa shape index (κ3) is 2.68. The lowest BCUT2D eigenvalue weighted by Crippen LogP contribution is -2.25. The Labute approximate surface area is 86.1 Å². The number of aliphatic hydroxyl groups is 1. The summed E-state index contributed by atoms with van der Waals surface area (Å²) < 4.78 is 26.4. The zero-order chi connectivity index (χ0) is 11.7. The molecule has 5 nitrogen and oxygen atoms in total. The third-order valence-electron chi connectivity index (χ3n) is 1.77. The molecule has 1 N–H and O–H groups in total. The van der Waals surface area contributed by atoms with Crippen LogP contribution in [0.5, 0.6) is 0 Å². The SMILES string of the molecule is CC(C)(C)n1nnc(C(F)(F)CCO)n1. The largest absolute Gasteiger partial charge is 0.396 e. The monoisotopic (exact) mass is 220 g/mol. The smallest absolute Gasteiger partial charge is 0.312 e. The Balaban J connectivity index is 2.94. The van der Waals surface area contributed by atoms with Gasteiger partial charge >= 0.3 is 5.92 Å². The second-order valence-corrected chi connectivity index (χ2v) is 4.25. The van der Waals surface area contributed by atoms with Crippen LogP contribution in [0, 0.1) is 0 Å². The van der Waals surface area contributed by atoms with E-state index >= 15 is 0 Å². The summed E-state index contributed by atoms with van der Waals surface area (Å²) in [5.74, 6) is -3.87. The Hall–Kier alpha value is -1.11. The summed E-state index contributed by atoms with van der Waals surface area (Å²) in [5, 5.41) is 18.9. The van der Waals surface area contributed by atoms with E-state index < -0.39 is 30.3 Å². The number of aromatic nitrogens is 4. The van der Waals surface area contributed by atoms with Crippen LogP contribution in [-0.4, -0.2) is 31.9 Å². The van der Waals surface area contributed by atoms with Gasteiger partial charge in [-0.15, -0.1) is 10.2 Å². The average Bonchev–Trinajstić information content (AvgIpc) is 2.50. The molecule has 0 spiro atoms. The van der Waals surface area contributed by atoms with Gasteiger partial charge in [-0.1, -0.05) is 0 Å². The number of tetrazole rings is 1. The first-order valence-electron chi connectivity index (χ1n) is 4.57. The van der Waals surface area contributed by atoms with Crippen LogP contribution in [-0.2, 0) is 11.5 Å². The maximum absolute atomic E-state index is 13.2. The quantitative estimate of drug-likeness (QED) is 0.822. The second-order valence-electron chi connectivity index (χ2n) is 4.25. The van der Waals surface area contributed by atoms with Gasteiger partial charge in [-0.3, -0.25) is 0 Å². The lowest BCUT2D eigenvalue weighted by molar-refractivity contribution is -0.0358. The van der Waals surface area contributed by atoms with Crippen molar-refractivity contribution in [1.82, 2.24) is 20.2 Å². The Morgan fingerprint density at radius 1 is 1.33 bits per heavy atom. The van der Waals surface area contributed by atoms with Gasteiger partial charge in [-0.05, 0) is 26.0 Å². The lowest BCUT2D eigenvalue weighted by Gasteiger charge is -2.15.